The van der Waals surface area contributed by atoms with E-state index in [1.165, 1.54) is 35.6 Å². The molecular weight excluding hydrogens is 400 g/mol. The zero-order chi connectivity index (χ0) is 22.0. The Bertz CT molecular complexity index is 1150. The predicted molar refractivity (Wildman–Crippen MR) is 110 cm³/mol. The highest BCUT2D eigenvalue weighted by atomic mass is 16.5. The van der Waals surface area contributed by atoms with E-state index in [0.29, 0.717) is 16.8 Å². The molecule has 0 unspecified atom stereocenters. The predicted octanol–water partition coefficient (Wildman–Crippen LogP) is 3.63. The van der Waals surface area contributed by atoms with Crippen LogP contribution in [0.1, 0.15) is 39.4 Å². The summed E-state index contributed by atoms with van der Waals surface area (Å²) in [6.45, 7) is 1.95. The topological polar surface area (TPSA) is 110 Å². The molecule has 3 aromatic rings. The molecule has 1 aliphatic heterocycles. The van der Waals surface area contributed by atoms with Crippen molar-refractivity contribution in [3.05, 3.63) is 95.4 Å². The SMILES string of the molecule is CCOC(=O)c1ccc(N2C(=O)C(O)=C(C(=O)c3ccco3)[C@H]2c2cccnc2)cc1. The second kappa shape index (κ2) is 8.27. The van der Waals surface area contributed by atoms with Crippen molar-refractivity contribution in [1.82, 2.24) is 4.98 Å². The van der Waals surface area contributed by atoms with Gasteiger partial charge in [0, 0.05) is 18.1 Å². The van der Waals surface area contributed by atoms with E-state index in [0.717, 1.165) is 0 Å². The van der Waals surface area contributed by atoms with Crippen LogP contribution in [0.3, 0.4) is 0 Å². The van der Waals surface area contributed by atoms with Crippen molar-refractivity contribution >= 4 is 23.3 Å². The number of carbonyl (C=O) groups is 3. The standard InChI is InChI=1S/C23H18N2O6/c1-2-30-23(29)14-7-9-16(10-8-14)25-19(15-5-3-11-24-13-15)18(21(27)22(25)28)20(26)17-6-4-12-31-17/h3-13,19,27H,2H2,1H3/t19-/m1/s1. The second-order valence-corrected chi connectivity index (χ2v) is 6.70. The van der Waals surface area contributed by atoms with Crippen LogP contribution < -0.4 is 4.90 Å². The van der Waals surface area contributed by atoms with Gasteiger partial charge in [0.2, 0.25) is 5.78 Å². The first-order chi connectivity index (χ1) is 15.0. The number of pyridine rings is 1. The fourth-order valence-electron chi connectivity index (χ4n) is 3.47. The van der Waals surface area contributed by atoms with Gasteiger partial charge in [-0.15, -0.1) is 0 Å². The molecule has 156 valence electrons. The summed E-state index contributed by atoms with van der Waals surface area (Å²) < 4.78 is 10.2. The Morgan fingerprint density at radius 2 is 1.94 bits per heavy atom. The number of anilines is 1. The largest absolute Gasteiger partial charge is 0.503 e. The van der Waals surface area contributed by atoms with E-state index in [1.807, 2.05) is 0 Å². The highest BCUT2D eigenvalue weighted by molar-refractivity contribution is 6.20. The third kappa shape index (κ3) is 3.59. The summed E-state index contributed by atoms with van der Waals surface area (Å²) >= 11 is 0. The molecule has 3 heterocycles. The van der Waals surface area contributed by atoms with Crippen molar-refractivity contribution < 1.29 is 28.6 Å². The first-order valence-corrected chi connectivity index (χ1v) is 9.55. The molecule has 1 atom stereocenters. The highest BCUT2D eigenvalue weighted by Gasteiger charge is 2.45. The van der Waals surface area contributed by atoms with Crippen molar-refractivity contribution in [3.63, 3.8) is 0 Å². The van der Waals surface area contributed by atoms with Gasteiger partial charge >= 0.3 is 5.97 Å². The van der Waals surface area contributed by atoms with Crippen molar-refractivity contribution in [2.24, 2.45) is 0 Å². The zero-order valence-corrected chi connectivity index (χ0v) is 16.5. The van der Waals surface area contributed by atoms with Crippen molar-refractivity contribution in [3.8, 4) is 0 Å². The molecule has 8 nitrogen and oxygen atoms in total. The van der Waals surface area contributed by atoms with Gasteiger partial charge in [0.15, 0.2) is 11.5 Å². The number of Topliss-reactive ketones (excluding diaryl/α,β-unsaturated/α-hetero) is 1. The number of aliphatic hydroxyl groups is 1. The lowest BCUT2D eigenvalue weighted by molar-refractivity contribution is -0.117. The van der Waals surface area contributed by atoms with E-state index in [9.17, 15) is 19.5 Å². The van der Waals surface area contributed by atoms with Gasteiger partial charge in [-0.3, -0.25) is 19.5 Å². The molecule has 0 saturated heterocycles. The van der Waals surface area contributed by atoms with Crippen LogP contribution in [0, 0.1) is 0 Å². The number of furan rings is 1. The van der Waals surface area contributed by atoms with E-state index in [4.69, 9.17) is 9.15 Å². The van der Waals surface area contributed by atoms with E-state index in [-0.39, 0.29) is 17.9 Å². The number of ketones is 1. The number of aromatic nitrogens is 1. The second-order valence-electron chi connectivity index (χ2n) is 6.70. The monoisotopic (exact) mass is 418 g/mol. The van der Waals surface area contributed by atoms with Gasteiger partial charge < -0.3 is 14.3 Å². The molecule has 8 heteroatoms. The average Bonchev–Trinajstić information content (AvgIpc) is 3.42. The van der Waals surface area contributed by atoms with Crippen LogP contribution in [0.4, 0.5) is 5.69 Å². The number of benzene rings is 1. The normalized spacial score (nSPS) is 16.0. The highest BCUT2D eigenvalue weighted by Crippen LogP contribution is 2.41. The molecule has 1 N–H and O–H groups in total. The molecule has 0 aliphatic carbocycles. The minimum absolute atomic E-state index is 0.00255. The third-order valence-corrected chi connectivity index (χ3v) is 4.85. The number of hydrogen-bond acceptors (Lipinski definition) is 7. The van der Waals surface area contributed by atoms with Gasteiger partial charge in [0.25, 0.3) is 5.91 Å². The lowest BCUT2D eigenvalue weighted by Gasteiger charge is -2.26. The number of rotatable bonds is 6. The number of carbonyl (C=O) groups excluding carboxylic acids is 3. The van der Waals surface area contributed by atoms with E-state index >= 15 is 0 Å². The fraction of sp³-hybridized carbons (Fsp3) is 0.130. The van der Waals surface area contributed by atoms with Crippen LogP contribution in [0.5, 0.6) is 0 Å². The number of aliphatic hydroxyl groups excluding tert-OH is 1. The Kier molecular flexibility index (Phi) is 5.36. The van der Waals surface area contributed by atoms with Gasteiger partial charge in [0.1, 0.15) is 0 Å². The molecular formula is C23H18N2O6. The number of esters is 1. The van der Waals surface area contributed by atoms with Gasteiger partial charge in [-0.05, 0) is 55.0 Å². The van der Waals surface area contributed by atoms with Crippen LogP contribution in [-0.2, 0) is 9.53 Å². The maximum absolute atomic E-state index is 13.1. The first-order valence-electron chi connectivity index (χ1n) is 9.55. The summed E-state index contributed by atoms with van der Waals surface area (Å²) in [7, 11) is 0. The summed E-state index contributed by atoms with van der Waals surface area (Å²) in [5.41, 5.74) is 1.13. The van der Waals surface area contributed by atoms with Crippen molar-refractivity contribution in [1.29, 1.82) is 0 Å². The molecule has 31 heavy (non-hydrogen) atoms. The van der Waals surface area contributed by atoms with E-state index in [2.05, 4.69) is 4.98 Å². The van der Waals surface area contributed by atoms with Crippen molar-refractivity contribution in [2.45, 2.75) is 13.0 Å². The third-order valence-electron chi connectivity index (χ3n) is 4.85. The Morgan fingerprint density at radius 3 is 2.55 bits per heavy atom. The smallest absolute Gasteiger partial charge is 0.338 e. The number of nitrogens with zero attached hydrogens (tertiary/aromatic N) is 2. The summed E-state index contributed by atoms with van der Waals surface area (Å²) in [6, 6.07) is 11.6. The van der Waals surface area contributed by atoms with Crippen LogP contribution in [-0.4, -0.2) is 34.4 Å². The lowest BCUT2D eigenvalue weighted by Crippen LogP contribution is -2.31. The molecule has 1 aliphatic rings. The minimum Gasteiger partial charge on any atom is -0.503 e. The Balaban J connectivity index is 1.78. The zero-order valence-electron chi connectivity index (χ0n) is 16.5. The Labute approximate surface area is 177 Å². The first kappa shape index (κ1) is 20.1. The van der Waals surface area contributed by atoms with Crippen LogP contribution in [0.25, 0.3) is 0 Å². The average molecular weight is 418 g/mol. The number of amides is 1. The molecule has 0 bridgehead atoms. The molecule has 0 fully saturated rings. The number of hydrogen-bond donors (Lipinski definition) is 1. The van der Waals surface area contributed by atoms with E-state index < -0.39 is 29.5 Å². The molecule has 2 aromatic heterocycles. The van der Waals surface area contributed by atoms with E-state index in [1.54, 1.807) is 43.5 Å². The summed E-state index contributed by atoms with van der Waals surface area (Å²) in [5, 5.41) is 10.6. The maximum atomic E-state index is 13.1. The molecule has 0 radical (unpaired) electrons. The minimum atomic E-state index is -0.924. The summed E-state index contributed by atoms with van der Waals surface area (Å²) in [4.78, 5) is 43.4. The molecule has 4 rings (SSSR count). The maximum Gasteiger partial charge on any atom is 0.338 e. The molecule has 0 saturated carbocycles. The molecule has 0 spiro atoms. The van der Waals surface area contributed by atoms with Crippen LogP contribution in [0.2, 0.25) is 0 Å². The van der Waals surface area contributed by atoms with Gasteiger partial charge in [0.05, 0.1) is 30.0 Å². The molecule has 1 amide bonds. The summed E-state index contributed by atoms with van der Waals surface area (Å²) in [6.07, 6.45) is 4.43. The fourth-order valence-corrected chi connectivity index (χ4v) is 3.47. The summed E-state index contributed by atoms with van der Waals surface area (Å²) in [5.74, 6) is -2.49. The van der Waals surface area contributed by atoms with Crippen LogP contribution >= 0.6 is 0 Å². The van der Waals surface area contributed by atoms with Gasteiger partial charge in [-0.1, -0.05) is 6.07 Å². The molecule has 1 aromatic carbocycles. The van der Waals surface area contributed by atoms with Gasteiger partial charge in [-0.2, -0.15) is 0 Å². The number of ether oxygens (including phenoxy) is 1. The van der Waals surface area contributed by atoms with Gasteiger partial charge in [-0.25, -0.2) is 4.79 Å². The van der Waals surface area contributed by atoms with Crippen LogP contribution in [0.15, 0.2) is 82.9 Å². The quantitative estimate of drug-likeness (QED) is 0.481. The van der Waals surface area contributed by atoms with Crippen molar-refractivity contribution in [2.75, 3.05) is 11.5 Å². The Morgan fingerprint density at radius 1 is 1.16 bits per heavy atom. The lowest BCUT2D eigenvalue weighted by atomic mass is 9.96. The Hall–Kier alpha value is -4.20.